The Morgan fingerprint density at radius 1 is 1.19 bits per heavy atom. The van der Waals surface area contributed by atoms with E-state index >= 15 is 0 Å². The molecule has 1 radical (unpaired) electrons. The third-order valence-electron chi connectivity index (χ3n) is 2.40. The van der Waals surface area contributed by atoms with Crippen LogP contribution in [0.25, 0.3) is 0 Å². The molecule has 1 heterocycles. The van der Waals surface area contributed by atoms with Crippen LogP contribution < -0.4 is 5.43 Å². The summed E-state index contributed by atoms with van der Waals surface area (Å²) in [6.07, 6.45) is 4.55. The van der Waals surface area contributed by atoms with Gasteiger partial charge in [0.2, 0.25) is 0 Å². The smallest absolute Gasteiger partial charge is 0.0690 e. The molecule has 2 rings (SSSR count). The van der Waals surface area contributed by atoms with Gasteiger partial charge in [-0.1, -0.05) is 24.3 Å². The first kappa shape index (κ1) is 10.9. The molecule has 1 aromatic rings. The summed E-state index contributed by atoms with van der Waals surface area (Å²) in [7, 11) is 4.16. The highest BCUT2D eigenvalue weighted by Crippen LogP contribution is 2.12. The van der Waals surface area contributed by atoms with Crippen LogP contribution in [0.5, 0.6) is 0 Å². The number of allylic oxidation sites excluding steroid dienone is 2. The summed E-state index contributed by atoms with van der Waals surface area (Å²) >= 11 is 0. The summed E-state index contributed by atoms with van der Waals surface area (Å²) in [6, 6.07) is 8.62. The van der Waals surface area contributed by atoms with Crippen molar-refractivity contribution in [1.29, 1.82) is 0 Å². The maximum atomic E-state index is 4.04. The average Bonchev–Trinajstić information content (AvgIpc) is 2.70. The quantitative estimate of drug-likeness (QED) is 0.751. The van der Waals surface area contributed by atoms with Gasteiger partial charge in [-0.2, -0.15) is 10.5 Å². The first-order valence-electron chi connectivity index (χ1n) is 5.40. The van der Waals surface area contributed by atoms with Gasteiger partial charge < -0.3 is 4.90 Å². The van der Waals surface area contributed by atoms with Crippen LogP contribution in [-0.4, -0.2) is 25.2 Å². The van der Waals surface area contributed by atoms with E-state index in [9.17, 15) is 0 Å². The zero-order valence-corrected chi connectivity index (χ0v) is 9.72. The van der Waals surface area contributed by atoms with Gasteiger partial charge in [-0.25, -0.2) is 0 Å². The Morgan fingerprint density at radius 2 is 2.00 bits per heavy atom. The van der Waals surface area contributed by atoms with E-state index < -0.39 is 0 Å². The number of nitrogens with zero attached hydrogens (tertiary/aromatic N) is 3. The van der Waals surface area contributed by atoms with E-state index in [0.717, 1.165) is 18.7 Å². The monoisotopic (exact) mass is 214 g/mol. The van der Waals surface area contributed by atoms with Gasteiger partial charge in [0.25, 0.3) is 0 Å². The molecule has 0 bridgehead atoms. The number of hydrogen-bond acceptors (Lipinski definition) is 2. The summed E-state index contributed by atoms with van der Waals surface area (Å²) in [5.41, 5.74) is 7.70. The Bertz CT molecular complexity index is 419. The van der Waals surface area contributed by atoms with Crippen LogP contribution in [0, 0.1) is 0 Å². The Labute approximate surface area is 96.5 Å². The molecule has 0 unspecified atom stereocenters. The topological polar surface area (TPSA) is 29.7 Å². The van der Waals surface area contributed by atoms with Crippen LogP contribution in [0.2, 0.25) is 0 Å². The van der Waals surface area contributed by atoms with Gasteiger partial charge in [-0.3, -0.25) is 0 Å². The van der Waals surface area contributed by atoms with Crippen LogP contribution in [0.4, 0.5) is 0 Å². The van der Waals surface area contributed by atoms with E-state index in [1.807, 2.05) is 6.08 Å². The maximum absolute atomic E-state index is 4.04. The van der Waals surface area contributed by atoms with Crippen molar-refractivity contribution in [1.82, 2.24) is 10.3 Å². The second-order valence-electron chi connectivity index (χ2n) is 4.26. The Morgan fingerprint density at radius 3 is 2.69 bits per heavy atom. The van der Waals surface area contributed by atoms with Gasteiger partial charge in [0.05, 0.1) is 11.9 Å². The minimum Gasteiger partial charge on any atom is -0.305 e. The fourth-order valence-electron chi connectivity index (χ4n) is 1.77. The van der Waals surface area contributed by atoms with Crippen molar-refractivity contribution in [2.75, 3.05) is 14.1 Å². The molecular weight excluding hydrogens is 198 g/mol. The van der Waals surface area contributed by atoms with Gasteiger partial charge in [0, 0.05) is 13.0 Å². The lowest BCUT2D eigenvalue weighted by molar-refractivity contribution is 0.402. The first-order chi connectivity index (χ1) is 7.74. The van der Waals surface area contributed by atoms with Crippen molar-refractivity contribution in [3.8, 4) is 0 Å². The highest BCUT2D eigenvalue weighted by atomic mass is 15.3. The van der Waals surface area contributed by atoms with Gasteiger partial charge in [-0.15, -0.1) is 0 Å². The summed E-state index contributed by atoms with van der Waals surface area (Å²) in [6.45, 7) is 0.973. The summed E-state index contributed by atoms with van der Waals surface area (Å²) < 4.78 is 0. The van der Waals surface area contributed by atoms with Crippen LogP contribution in [0.3, 0.4) is 0 Å². The van der Waals surface area contributed by atoms with Gasteiger partial charge >= 0.3 is 0 Å². The van der Waals surface area contributed by atoms with E-state index in [1.165, 1.54) is 11.1 Å². The maximum Gasteiger partial charge on any atom is 0.0690 e. The molecule has 0 aromatic heterocycles. The molecule has 1 aliphatic heterocycles. The third kappa shape index (κ3) is 2.94. The van der Waals surface area contributed by atoms with Crippen molar-refractivity contribution in [2.24, 2.45) is 5.10 Å². The van der Waals surface area contributed by atoms with E-state index in [4.69, 9.17) is 0 Å². The van der Waals surface area contributed by atoms with E-state index in [1.54, 1.807) is 6.21 Å². The normalized spacial score (nSPS) is 14.1. The summed E-state index contributed by atoms with van der Waals surface area (Å²) in [5, 5.41) is 3.83. The number of hydrogen-bond donors (Lipinski definition) is 0. The van der Waals surface area contributed by atoms with Crippen LogP contribution in [0.15, 0.2) is 41.1 Å². The minimum absolute atomic E-state index is 0.862. The molecule has 16 heavy (non-hydrogen) atoms. The second kappa shape index (κ2) is 4.94. The van der Waals surface area contributed by atoms with Crippen molar-refractivity contribution in [3.05, 3.63) is 47.2 Å². The molecule has 1 aliphatic rings. The largest absolute Gasteiger partial charge is 0.305 e. The number of rotatable bonds is 4. The Balaban J connectivity index is 2.04. The molecule has 83 valence electrons. The van der Waals surface area contributed by atoms with Crippen LogP contribution >= 0.6 is 0 Å². The van der Waals surface area contributed by atoms with Crippen LogP contribution in [-0.2, 0) is 13.0 Å². The second-order valence-corrected chi connectivity index (χ2v) is 4.26. The standard InChI is InChI=1S/C13H16N3/c1-16(2)10-12-5-3-4-11(8-12)9-13-6-7-14-15-13/h3-8H,9-10H2,1-2H3. The summed E-state index contributed by atoms with van der Waals surface area (Å²) in [4.78, 5) is 2.17. The summed E-state index contributed by atoms with van der Waals surface area (Å²) in [5.74, 6) is 0. The molecule has 0 N–H and O–H groups in total. The minimum atomic E-state index is 0.862. The zero-order chi connectivity index (χ0) is 11.4. The molecule has 1 aromatic carbocycles. The lowest BCUT2D eigenvalue weighted by Gasteiger charge is -2.10. The van der Waals surface area contributed by atoms with Crippen molar-refractivity contribution in [2.45, 2.75) is 13.0 Å². The molecule has 0 fully saturated rings. The van der Waals surface area contributed by atoms with E-state index in [0.29, 0.717) is 0 Å². The molecule has 0 aliphatic carbocycles. The Kier molecular flexibility index (Phi) is 3.37. The van der Waals surface area contributed by atoms with Gasteiger partial charge in [0.1, 0.15) is 0 Å². The molecule has 0 atom stereocenters. The molecule has 0 saturated carbocycles. The molecule has 3 nitrogen and oxygen atoms in total. The SMILES string of the molecule is CN(C)Cc1cccc(CC2=CC=N[N]2)c1. The van der Waals surface area contributed by atoms with Crippen molar-refractivity contribution >= 4 is 6.21 Å². The number of benzene rings is 1. The highest BCUT2D eigenvalue weighted by Gasteiger charge is 2.04. The average molecular weight is 214 g/mol. The fraction of sp³-hybridized carbons (Fsp3) is 0.308. The predicted octanol–water partition coefficient (Wildman–Crippen LogP) is 1.78. The molecular formula is C13H16N3. The predicted molar refractivity (Wildman–Crippen MR) is 66.2 cm³/mol. The van der Waals surface area contributed by atoms with Crippen molar-refractivity contribution < 1.29 is 0 Å². The Hall–Kier alpha value is -1.61. The zero-order valence-electron chi connectivity index (χ0n) is 9.72. The van der Waals surface area contributed by atoms with E-state index in [2.05, 4.69) is 53.8 Å². The van der Waals surface area contributed by atoms with Crippen LogP contribution in [0.1, 0.15) is 11.1 Å². The van der Waals surface area contributed by atoms with E-state index in [-0.39, 0.29) is 0 Å². The highest BCUT2D eigenvalue weighted by molar-refractivity contribution is 5.74. The molecule has 0 saturated heterocycles. The van der Waals surface area contributed by atoms with Gasteiger partial charge in [-0.05, 0) is 31.3 Å². The molecule has 0 spiro atoms. The molecule has 0 amide bonds. The lowest BCUT2D eigenvalue weighted by atomic mass is 10.1. The third-order valence-corrected chi connectivity index (χ3v) is 2.40. The fourth-order valence-corrected chi connectivity index (χ4v) is 1.77. The first-order valence-corrected chi connectivity index (χ1v) is 5.40. The van der Waals surface area contributed by atoms with Gasteiger partial charge in [0.15, 0.2) is 0 Å². The molecule has 3 heteroatoms. The lowest BCUT2D eigenvalue weighted by Crippen LogP contribution is -2.10. The van der Waals surface area contributed by atoms with Crippen molar-refractivity contribution in [3.63, 3.8) is 0 Å².